The molecular formula is C27H30ClN3O3. The van der Waals surface area contributed by atoms with Crippen molar-refractivity contribution in [1.29, 1.82) is 0 Å². The molecule has 6 nitrogen and oxygen atoms in total. The zero-order valence-corrected chi connectivity index (χ0v) is 20.8. The first-order valence-corrected chi connectivity index (χ1v) is 11.4. The first-order chi connectivity index (χ1) is 16.3. The average molecular weight is 480 g/mol. The highest BCUT2D eigenvalue weighted by Crippen LogP contribution is 2.17. The molecule has 1 heterocycles. The van der Waals surface area contributed by atoms with E-state index < -0.39 is 6.09 Å². The van der Waals surface area contributed by atoms with Crippen molar-refractivity contribution in [3.8, 4) is 0 Å². The number of halogens is 1. The number of nitrogens with one attached hydrogen (secondary N) is 1. The van der Waals surface area contributed by atoms with Crippen molar-refractivity contribution in [3.05, 3.63) is 97.6 Å². The number of carbonyl (C=O) groups is 1. The first kappa shape index (κ1) is 26.7. The molecule has 0 aliphatic heterocycles. The summed E-state index contributed by atoms with van der Waals surface area (Å²) in [5.41, 5.74) is 2.85. The molecule has 0 unspecified atom stereocenters. The predicted octanol–water partition coefficient (Wildman–Crippen LogP) is 4.58. The number of nitrogens with zero attached hydrogens (tertiary/aromatic N) is 2. The molecule has 0 bridgehead atoms. The summed E-state index contributed by atoms with van der Waals surface area (Å²) in [4.78, 5) is 36.4. The number of carbonyl (C=O) groups excluding carboxylic acids is 1. The highest BCUT2D eigenvalue weighted by Gasteiger charge is 2.06. The third kappa shape index (κ3) is 8.12. The summed E-state index contributed by atoms with van der Waals surface area (Å²) in [6.07, 6.45) is 10.8. The van der Waals surface area contributed by atoms with Crippen molar-refractivity contribution in [2.45, 2.75) is 40.5 Å². The van der Waals surface area contributed by atoms with Crippen LogP contribution < -0.4 is 16.1 Å². The number of hydrogen-bond acceptors (Lipinski definition) is 4. The van der Waals surface area contributed by atoms with Gasteiger partial charge in [-0.15, -0.1) is 0 Å². The summed E-state index contributed by atoms with van der Waals surface area (Å²) >= 11 is 6.12. The van der Waals surface area contributed by atoms with Crippen molar-refractivity contribution >= 4 is 35.6 Å². The molecular weight excluding hydrogens is 450 g/mol. The van der Waals surface area contributed by atoms with E-state index in [0.717, 1.165) is 16.7 Å². The normalized spacial score (nSPS) is 13.6. The van der Waals surface area contributed by atoms with Gasteiger partial charge in [-0.25, -0.2) is 9.78 Å². The molecule has 0 saturated heterocycles. The van der Waals surface area contributed by atoms with Crippen LogP contribution in [-0.2, 0) is 11.2 Å². The fraction of sp³-hybridized carbons (Fsp3) is 0.259. The van der Waals surface area contributed by atoms with Gasteiger partial charge in [-0.3, -0.25) is 4.79 Å². The number of H-pyrrole nitrogens is 1. The van der Waals surface area contributed by atoms with Crippen molar-refractivity contribution in [2.75, 3.05) is 6.61 Å². The van der Waals surface area contributed by atoms with Gasteiger partial charge in [0.15, 0.2) is 0 Å². The molecule has 178 valence electrons. The van der Waals surface area contributed by atoms with Gasteiger partial charge in [0.2, 0.25) is 0 Å². The lowest BCUT2D eigenvalue weighted by Crippen LogP contribution is -2.44. The molecule has 0 saturated carbocycles. The second-order valence-corrected chi connectivity index (χ2v) is 8.02. The van der Waals surface area contributed by atoms with E-state index in [1.807, 2.05) is 51.1 Å². The molecule has 1 N–H and O–H groups in total. The molecule has 2 rings (SSSR count). The van der Waals surface area contributed by atoms with Gasteiger partial charge in [0, 0.05) is 17.2 Å². The van der Waals surface area contributed by atoms with Crippen LogP contribution in [0.1, 0.15) is 44.1 Å². The third-order valence-electron chi connectivity index (χ3n) is 4.72. The molecule has 0 aliphatic rings. The molecule has 0 fully saturated rings. The van der Waals surface area contributed by atoms with Gasteiger partial charge >= 0.3 is 6.09 Å². The van der Waals surface area contributed by atoms with Gasteiger partial charge in [0.05, 0.1) is 10.6 Å². The van der Waals surface area contributed by atoms with Crippen molar-refractivity contribution in [1.82, 2.24) is 9.97 Å². The van der Waals surface area contributed by atoms with Crippen LogP contribution in [0.4, 0.5) is 4.79 Å². The lowest BCUT2D eigenvalue weighted by Gasteiger charge is -2.05. The van der Waals surface area contributed by atoms with Gasteiger partial charge in [-0.1, -0.05) is 67.6 Å². The SMILES string of the molecule is C=CC=C(C=CC)COC(=O)N=C(C)/C=c1/nc(Cc2ccc(Cl)c(C)c2)[nH]c(=O)/c1=C/CC. The number of aromatic amines is 1. The maximum absolute atomic E-state index is 12.7. The Hall–Kier alpha value is -3.51. The monoisotopic (exact) mass is 479 g/mol. The number of rotatable bonds is 8. The number of ether oxygens (including phenoxy) is 1. The minimum Gasteiger partial charge on any atom is -0.443 e. The van der Waals surface area contributed by atoms with Crippen LogP contribution in [0.25, 0.3) is 12.2 Å². The van der Waals surface area contributed by atoms with Gasteiger partial charge in [-0.2, -0.15) is 4.99 Å². The summed E-state index contributed by atoms with van der Waals surface area (Å²) in [5, 5.41) is 1.57. The largest absolute Gasteiger partial charge is 0.443 e. The predicted molar refractivity (Wildman–Crippen MR) is 140 cm³/mol. The highest BCUT2D eigenvalue weighted by atomic mass is 35.5. The highest BCUT2D eigenvalue weighted by molar-refractivity contribution is 6.31. The van der Waals surface area contributed by atoms with Crippen LogP contribution in [-0.4, -0.2) is 28.4 Å². The number of benzene rings is 1. The van der Waals surface area contributed by atoms with Gasteiger partial charge in [-0.05, 0) is 56.0 Å². The van der Waals surface area contributed by atoms with Crippen molar-refractivity contribution in [2.24, 2.45) is 4.99 Å². The van der Waals surface area contributed by atoms with Crippen LogP contribution in [0.3, 0.4) is 0 Å². The van der Waals surface area contributed by atoms with Crippen molar-refractivity contribution in [3.63, 3.8) is 0 Å². The van der Waals surface area contributed by atoms with E-state index in [1.165, 1.54) is 0 Å². The lowest BCUT2D eigenvalue weighted by atomic mass is 10.1. The molecule has 0 atom stereocenters. The Balaban J connectivity index is 2.37. The summed E-state index contributed by atoms with van der Waals surface area (Å²) in [5.74, 6) is 0.507. The quantitative estimate of drug-likeness (QED) is 0.443. The van der Waals surface area contributed by atoms with Crippen LogP contribution in [0.15, 0.2) is 64.4 Å². The van der Waals surface area contributed by atoms with Gasteiger partial charge < -0.3 is 9.72 Å². The Kier molecular flexibility index (Phi) is 10.4. The zero-order valence-electron chi connectivity index (χ0n) is 20.0. The van der Waals surface area contributed by atoms with Crippen LogP contribution >= 0.6 is 11.6 Å². The summed E-state index contributed by atoms with van der Waals surface area (Å²) in [6, 6.07) is 5.69. The lowest BCUT2D eigenvalue weighted by molar-refractivity contribution is 0.168. The van der Waals surface area contributed by atoms with Crippen LogP contribution in [0.5, 0.6) is 0 Å². The van der Waals surface area contributed by atoms with E-state index in [-0.39, 0.29) is 12.2 Å². The second-order valence-electron chi connectivity index (χ2n) is 7.61. The number of aromatic nitrogens is 2. The molecule has 0 radical (unpaired) electrons. The second kappa shape index (κ2) is 13.3. The van der Waals surface area contributed by atoms with Crippen molar-refractivity contribution < 1.29 is 9.53 Å². The maximum Gasteiger partial charge on any atom is 0.434 e. The number of allylic oxidation sites excluding steroid dienone is 3. The Morgan fingerprint density at radius 1 is 1.35 bits per heavy atom. The van der Waals surface area contributed by atoms with Gasteiger partial charge in [0.1, 0.15) is 12.4 Å². The molecule has 2 aromatic rings. The topological polar surface area (TPSA) is 84.4 Å². The smallest absolute Gasteiger partial charge is 0.434 e. The summed E-state index contributed by atoms with van der Waals surface area (Å²) < 4.78 is 5.22. The van der Waals surface area contributed by atoms with E-state index in [0.29, 0.717) is 40.0 Å². The third-order valence-corrected chi connectivity index (χ3v) is 5.15. The minimum atomic E-state index is -0.726. The Morgan fingerprint density at radius 3 is 2.76 bits per heavy atom. The van der Waals surface area contributed by atoms with Crippen LogP contribution in [0.2, 0.25) is 5.02 Å². The molecule has 0 aliphatic carbocycles. The molecule has 0 spiro atoms. The number of amides is 1. The number of aryl methyl sites for hydroxylation is 1. The summed E-state index contributed by atoms with van der Waals surface area (Å²) in [6.45, 7) is 11.1. The van der Waals surface area contributed by atoms with Gasteiger partial charge in [0.25, 0.3) is 5.56 Å². The van der Waals surface area contributed by atoms with Crippen LogP contribution in [0, 0.1) is 6.92 Å². The zero-order chi connectivity index (χ0) is 25.1. The van der Waals surface area contributed by atoms with E-state index in [9.17, 15) is 9.59 Å². The standard InChI is InChI=1S/C27H30ClN3O3/c1-6-9-20(10-7-2)17-34-27(33)29-19(5)15-24-22(11-8-3)26(32)31-25(30-24)16-21-12-13-23(28)18(4)14-21/h6-7,9-15H,1,8,16-17H2,2-5H3,(H,30,31,32)/b10-7?,20-9?,22-11+,24-15+,29-19?. The fourth-order valence-electron chi connectivity index (χ4n) is 3.22. The first-order valence-electron chi connectivity index (χ1n) is 11.0. The average Bonchev–Trinajstić information content (AvgIpc) is 2.77. The number of aliphatic imine (C=N–C) groups is 1. The Morgan fingerprint density at radius 2 is 2.12 bits per heavy atom. The van der Waals surface area contributed by atoms with E-state index >= 15 is 0 Å². The minimum absolute atomic E-state index is 0.0781. The van der Waals surface area contributed by atoms with E-state index in [4.69, 9.17) is 16.3 Å². The van der Waals surface area contributed by atoms with E-state index in [1.54, 1.807) is 31.2 Å². The summed E-state index contributed by atoms with van der Waals surface area (Å²) in [7, 11) is 0. The molecule has 1 aromatic heterocycles. The van der Waals surface area contributed by atoms with E-state index in [2.05, 4.69) is 21.5 Å². The molecule has 1 aromatic carbocycles. The Labute approximate surface area is 204 Å². The Bertz CT molecular complexity index is 1320. The molecule has 34 heavy (non-hydrogen) atoms. The molecule has 1 amide bonds. The molecule has 7 heteroatoms. The maximum atomic E-state index is 12.7. The fourth-order valence-corrected chi connectivity index (χ4v) is 3.34. The number of hydrogen-bond donors (Lipinski definition) is 1.